The number of aromatic hydroxyl groups is 2. The summed E-state index contributed by atoms with van der Waals surface area (Å²) in [7, 11) is 2.97. The lowest BCUT2D eigenvalue weighted by atomic mass is 10.0. The molecular weight excluding hydrogens is 340 g/mol. The van der Waals surface area contributed by atoms with E-state index in [4.69, 9.17) is 9.47 Å². The molecule has 2 N–H and O–H groups in total. The molecule has 0 saturated carbocycles. The SMILES string of the molecule is C=CCC=CCC=CCCCCCCCc1c(O)c(OC)cc(OC)c1O. The fraction of sp³-hybridized carbons (Fsp3) is 0.478. The van der Waals surface area contributed by atoms with Gasteiger partial charge in [0.15, 0.2) is 23.0 Å². The maximum Gasteiger partial charge on any atom is 0.164 e. The van der Waals surface area contributed by atoms with Crippen LogP contribution in [0.15, 0.2) is 43.0 Å². The van der Waals surface area contributed by atoms with Gasteiger partial charge in [-0.3, -0.25) is 0 Å². The van der Waals surface area contributed by atoms with E-state index in [1.807, 2.05) is 6.08 Å². The maximum atomic E-state index is 10.2. The highest BCUT2D eigenvalue weighted by molar-refractivity contribution is 5.59. The van der Waals surface area contributed by atoms with Gasteiger partial charge in [0.25, 0.3) is 0 Å². The fourth-order valence-electron chi connectivity index (χ4n) is 2.89. The normalized spacial score (nSPS) is 11.3. The summed E-state index contributed by atoms with van der Waals surface area (Å²) in [5.41, 5.74) is 0.499. The molecule has 0 aliphatic rings. The lowest BCUT2D eigenvalue weighted by Gasteiger charge is -2.14. The number of phenolic OH excluding ortho intramolecular Hbond substituents is 2. The molecule has 1 rings (SSSR count). The van der Waals surface area contributed by atoms with Gasteiger partial charge in [0, 0.05) is 11.6 Å². The van der Waals surface area contributed by atoms with Crippen molar-refractivity contribution >= 4 is 0 Å². The van der Waals surface area contributed by atoms with Crippen LogP contribution in [-0.2, 0) is 6.42 Å². The summed E-state index contributed by atoms with van der Waals surface area (Å²) in [4.78, 5) is 0. The Morgan fingerprint density at radius 3 is 2.00 bits per heavy atom. The molecule has 0 bridgehead atoms. The number of allylic oxidation sites excluding steroid dienone is 5. The van der Waals surface area contributed by atoms with Gasteiger partial charge in [0.1, 0.15) is 0 Å². The second-order valence-corrected chi connectivity index (χ2v) is 6.47. The molecule has 0 heterocycles. The highest BCUT2D eigenvalue weighted by Gasteiger charge is 2.18. The first-order valence-electron chi connectivity index (χ1n) is 9.72. The molecule has 0 unspecified atom stereocenters. The Morgan fingerprint density at radius 1 is 0.815 bits per heavy atom. The molecule has 0 aliphatic heterocycles. The maximum absolute atomic E-state index is 10.2. The van der Waals surface area contributed by atoms with Gasteiger partial charge in [-0.15, -0.1) is 6.58 Å². The number of methoxy groups -OCH3 is 2. The summed E-state index contributed by atoms with van der Waals surface area (Å²) in [6.45, 7) is 3.69. The van der Waals surface area contributed by atoms with Gasteiger partial charge in [0.2, 0.25) is 0 Å². The van der Waals surface area contributed by atoms with Crippen LogP contribution in [0.25, 0.3) is 0 Å². The third kappa shape index (κ3) is 8.25. The Hall–Kier alpha value is -2.36. The molecule has 4 heteroatoms. The largest absolute Gasteiger partial charge is 0.504 e. The highest BCUT2D eigenvalue weighted by atomic mass is 16.5. The number of ether oxygens (including phenoxy) is 2. The molecule has 0 aliphatic carbocycles. The first-order chi connectivity index (χ1) is 13.2. The van der Waals surface area contributed by atoms with Crippen molar-refractivity contribution in [1.82, 2.24) is 0 Å². The van der Waals surface area contributed by atoms with Gasteiger partial charge in [-0.25, -0.2) is 0 Å². The smallest absolute Gasteiger partial charge is 0.164 e. The number of rotatable bonds is 14. The van der Waals surface area contributed by atoms with E-state index in [9.17, 15) is 10.2 Å². The van der Waals surface area contributed by atoms with Crippen LogP contribution < -0.4 is 9.47 Å². The molecule has 4 nitrogen and oxygen atoms in total. The van der Waals surface area contributed by atoms with E-state index in [-0.39, 0.29) is 11.5 Å². The molecule has 0 radical (unpaired) electrons. The zero-order valence-electron chi connectivity index (χ0n) is 16.7. The summed E-state index contributed by atoms with van der Waals surface area (Å²) < 4.78 is 10.3. The van der Waals surface area contributed by atoms with Crippen LogP contribution in [0.4, 0.5) is 0 Å². The lowest BCUT2D eigenvalue weighted by Crippen LogP contribution is -1.95. The average molecular weight is 375 g/mol. The van der Waals surface area contributed by atoms with Crippen LogP contribution in [-0.4, -0.2) is 24.4 Å². The number of unbranched alkanes of at least 4 members (excludes halogenated alkanes) is 5. The second kappa shape index (κ2) is 13.8. The number of phenols is 2. The van der Waals surface area contributed by atoms with Crippen LogP contribution in [0.3, 0.4) is 0 Å². The third-order valence-electron chi connectivity index (χ3n) is 4.45. The van der Waals surface area contributed by atoms with Crippen molar-refractivity contribution in [2.45, 2.75) is 57.8 Å². The van der Waals surface area contributed by atoms with E-state index in [0.29, 0.717) is 23.5 Å². The number of hydrogen-bond acceptors (Lipinski definition) is 4. The molecule has 150 valence electrons. The van der Waals surface area contributed by atoms with Gasteiger partial charge in [-0.1, -0.05) is 49.6 Å². The topological polar surface area (TPSA) is 58.9 Å². The predicted molar refractivity (Wildman–Crippen MR) is 112 cm³/mol. The van der Waals surface area contributed by atoms with Crippen LogP contribution in [0.1, 0.15) is 56.9 Å². The highest BCUT2D eigenvalue weighted by Crippen LogP contribution is 2.43. The first kappa shape index (κ1) is 22.7. The van der Waals surface area contributed by atoms with Crippen molar-refractivity contribution in [2.75, 3.05) is 14.2 Å². The van der Waals surface area contributed by atoms with Crippen molar-refractivity contribution in [3.63, 3.8) is 0 Å². The summed E-state index contributed by atoms with van der Waals surface area (Å²) in [6, 6.07) is 1.50. The molecule has 0 amide bonds. The molecule has 0 fully saturated rings. The van der Waals surface area contributed by atoms with Crippen molar-refractivity contribution in [2.24, 2.45) is 0 Å². The van der Waals surface area contributed by atoms with Gasteiger partial charge in [-0.05, 0) is 38.5 Å². The summed E-state index contributed by atoms with van der Waals surface area (Å²) in [5, 5.41) is 20.4. The molecule has 27 heavy (non-hydrogen) atoms. The predicted octanol–water partition coefficient (Wildman–Crippen LogP) is 6.08. The Kier molecular flexibility index (Phi) is 11.6. The lowest BCUT2D eigenvalue weighted by molar-refractivity contribution is 0.340. The van der Waals surface area contributed by atoms with Gasteiger partial charge in [-0.2, -0.15) is 0 Å². The van der Waals surface area contributed by atoms with Crippen molar-refractivity contribution in [3.05, 3.63) is 48.6 Å². The van der Waals surface area contributed by atoms with Gasteiger partial charge in [0.05, 0.1) is 14.2 Å². The van der Waals surface area contributed by atoms with E-state index in [1.165, 1.54) is 33.1 Å². The minimum Gasteiger partial charge on any atom is -0.504 e. The molecule has 1 aromatic rings. The van der Waals surface area contributed by atoms with Gasteiger partial charge < -0.3 is 19.7 Å². The van der Waals surface area contributed by atoms with E-state index in [2.05, 4.69) is 30.9 Å². The minimum atomic E-state index is 0.00285. The van der Waals surface area contributed by atoms with Crippen LogP contribution in [0, 0.1) is 0 Å². The summed E-state index contributed by atoms with van der Waals surface area (Å²) >= 11 is 0. The molecule has 0 saturated heterocycles. The monoisotopic (exact) mass is 374 g/mol. The first-order valence-corrected chi connectivity index (χ1v) is 9.72. The Morgan fingerprint density at radius 2 is 1.37 bits per heavy atom. The Balaban J connectivity index is 2.25. The molecule has 0 aromatic heterocycles. The minimum absolute atomic E-state index is 0.00285. The summed E-state index contributed by atoms with van der Waals surface area (Å²) in [6.07, 6.45) is 19.8. The number of hydrogen-bond donors (Lipinski definition) is 2. The summed E-state index contributed by atoms with van der Waals surface area (Å²) in [5.74, 6) is 0.655. The van der Waals surface area contributed by atoms with E-state index in [0.717, 1.165) is 38.5 Å². The average Bonchev–Trinajstić information content (AvgIpc) is 2.68. The zero-order valence-corrected chi connectivity index (χ0v) is 16.7. The van der Waals surface area contributed by atoms with E-state index >= 15 is 0 Å². The second-order valence-electron chi connectivity index (χ2n) is 6.47. The Labute approximate surface area is 163 Å². The molecule has 0 atom stereocenters. The van der Waals surface area contributed by atoms with Gasteiger partial charge >= 0.3 is 0 Å². The van der Waals surface area contributed by atoms with Crippen molar-refractivity contribution < 1.29 is 19.7 Å². The molecule has 1 aromatic carbocycles. The fourth-order valence-corrected chi connectivity index (χ4v) is 2.89. The Bertz CT molecular complexity index is 589. The van der Waals surface area contributed by atoms with Crippen molar-refractivity contribution in [1.29, 1.82) is 0 Å². The molecule has 0 spiro atoms. The quantitative estimate of drug-likeness (QED) is 0.306. The third-order valence-corrected chi connectivity index (χ3v) is 4.45. The van der Waals surface area contributed by atoms with E-state index in [1.54, 1.807) is 0 Å². The van der Waals surface area contributed by atoms with E-state index < -0.39 is 0 Å². The standard InChI is InChI=1S/C23H34O4/c1-4-5-6-7-8-9-10-11-12-13-14-15-16-17-19-22(24)20(26-2)18-21(27-3)23(19)25/h4,6-7,9-10,18,24-25H,1,5,8,11-17H2,2-3H3. The van der Waals surface area contributed by atoms with Crippen molar-refractivity contribution in [3.8, 4) is 23.0 Å². The molecular formula is C23H34O4. The van der Waals surface area contributed by atoms with Crippen LogP contribution in [0.5, 0.6) is 23.0 Å². The van der Waals surface area contributed by atoms with Crippen LogP contribution >= 0.6 is 0 Å². The zero-order chi connectivity index (χ0) is 19.9. The van der Waals surface area contributed by atoms with Crippen LogP contribution in [0.2, 0.25) is 0 Å². The number of benzene rings is 1.